The molecule has 0 saturated carbocycles. The third kappa shape index (κ3) is 2.60. The van der Waals surface area contributed by atoms with Crippen molar-refractivity contribution in [2.45, 2.75) is 0 Å². The van der Waals surface area contributed by atoms with Gasteiger partial charge >= 0.3 is 0 Å². The molecule has 2 aromatic carbocycles. The summed E-state index contributed by atoms with van der Waals surface area (Å²) in [6, 6.07) is 21.4. The molecular weight excluding hydrogens is 286 g/mol. The number of fused-ring (bicyclic) bond motifs is 1. The van der Waals surface area contributed by atoms with Crippen molar-refractivity contribution in [1.29, 1.82) is 0 Å². The van der Waals surface area contributed by atoms with E-state index < -0.39 is 0 Å². The molecule has 0 saturated heterocycles. The Morgan fingerprint density at radius 2 is 1.52 bits per heavy atom. The number of rotatable bonds is 3. The first-order chi connectivity index (χ1) is 11.4. The largest absolute Gasteiger partial charge is 0.266 e. The van der Waals surface area contributed by atoms with E-state index in [0.717, 1.165) is 16.9 Å². The molecule has 2 heterocycles. The molecule has 4 rings (SSSR count). The van der Waals surface area contributed by atoms with E-state index in [4.69, 9.17) is 0 Å². The minimum absolute atomic E-state index is 0.605. The molecular formula is C18H13N5. The standard InChI is InChI=1S/C18H13N5/c1-3-8-14(9-4-1)16-17(22-21-15-10-5-2-6-11-15)23-13-7-12-19-18(23)20-16/h1-13H. The van der Waals surface area contributed by atoms with Crippen molar-refractivity contribution in [1.82, 2.24) is 14.4 Å². The number of nitrogens with zero attached hydrogens (tertiary/aromatic N) is 5. The van der Waals surface area contributed by atoms with E-state index in [1.54, 1.807) is 6.20 Å². The van der Waals surface area contributed by atoms with Gasteiger partial charge < -0.3 is 0 Å². The Hall–Kier alpha value is -3.34. The molecule has 0 bridgehead atoms. The van der Waals surface area contributed by atoms with Gasteiger partial charge in [-0.3, -0.25) is 4.40 Å². The fourth-order valence-electron chi connectivity index (χ4n) is 2.36. The average Bonchev–Trinajstić information content (AvgIpc) is 3.00. The molecule has 0 unspecified atom stereocenters. The van der Waals surface area contributed by atoms with Crippen LogP contribution in [-0.2, 0) is 0 Å². The summed E-state index contributed by atoms with van der Waals surface area (Å²) in [5, 5.41) is 8.75. The SMILES string of the molecule is c1ccc(N=Nc2c(-c3ccccc3)nc3ncccn23)cc1. The molecule has 0 aliphatic carbocycles. The minimum atomic E-state index is 0.605. The molecule has 0 fully saturated rings. The van der Waals surface area contributed by atoms with Gasteiger partial charge in [-0.15, -0.1) is 10.2 Å². The Labute approximate surface area is 133 Å². The Morgan fingerprint density at radius 3 is 2.30 bits per heavy atom. The molecule has 5 nitrogen and oxygen atoms in total. The van der Waals surface area contributed by atoms with Crippen LogP contribution in [0.4, 0.5) is 11.5 Å². The van der Waals surface area contributed by atoms with Gasteiger partial charge in [0.25, 0.3) is 0 Å². The van der Waals surface area contributed by atoms with Gasteiger partial charge in [-0.2, -0.15) is 0 Å². The van der Waals surface area contributed by atoms with Crippen LogP contribution in [0, 0.1) is 0 Å². The zero-order valence-corrected chi connectivity index (χ0v) is 12.2. The number of hydrogen-bond donors (Lipinski definition) is 0. The molecule has 23 heavy (non-hydrogen) atoms. The summed E-state index contributed by atoms with van der Waals surface area (Å²) in [6.07, 6.45) is 3.61. The topological polar surface area (TPSA) is 54.9 Å². The predicted molar refractivity (Wildman–Crippen MR) is 89.0 cm³/mol. The van der Waals surface area contributed by atoms with Crippen molar-refractivity contribution in [2.24, 2.45) is 10.2 Å². The van der Waals surface area contributed by atoms with Crippen LogP contribution >= 0.6 is 0 Å². The second-order valence-electron chi connectivity index (χ2n) is 4.98. The van der Waals surface area contributed by atoms with E-state index in [0.29, 0.717) is 11.6 Å². The van der Waals surface area contributed by atoms with Crippen LogP contribution < -0.4 is 0 Å². The molecule has 110 valence electrons. The Kier molecular flexibility index (Phi) is 3.37. The molecule has 0 aliphatic rings. The molecule has 2 aromatic heterocycles. The molecule has 0 aliphatic heterocycles. The maximum atomic E-state index is 4.59. The number of azo groups is 1. The van der Waals surface area contributed by atoms with Crippen molar-refractivity contribution < 1.29 is 0 Å². The predicted octanol–water partition coefficient (Wildman–Crippen LogP) is 4.81. The highest BCUT2D eigenvalue weighted by Crippen LogP contribution is 2.31. The zero-order chi connectivity index (χ0) is 15.5. The highest BCUT2D eigenvalue weighted by atomic mass is 15.2. The van der Waals surface area contributed by atoms with Crippen molar-refractivity contribution in [3.8, 4) is 11.3 Å². The molecule has 0 N–H and O–H groups in total. The molecule has 0 atom stereocenters. The lowest BCUT2D eigenvalue weighted by Gasteiger charge is -1.99. The van der Waals surface area contributed by atoms with E-state index in [-0.39, 0.29) is 0 Å². The number of benzene rings is 2. The summed E-state index contributed by atoms with van der Waals surface area (Å²) in [6.45, 7) is 0. The Bertz CT molecular complexity index is 959. The van der Waals surface area contributed by atoms with Gasteiger partial charge in [-0.1, -0.05) is 48.5 Å². The van der Waals surface area contributed by atoms with Crippen molar-refractivity contribution in [3.63, 3.8) is 0 Å². The van der Waals surface area contributed by atoms with Gasteiger partial charge in [-0.05, 0) is 18.2 Å². The molecule has 4 aromatic rings. The van der Waals surface area contributed by atoms with E-state index in [9.17, 15) is 0 Å². The number of hydrogen-bond acceptors (Lipinski definition) is 4. The van der Waals surface area contributed by atoms with Crippen LogP contribution in [0.15, 0.2) is 89.4 Å². The average molecular weight is 299 g/mol. The van der Waals surface area contributed by atoms with Crippen LogP contribution in [0.3, 0.4) is 0 Å². The number of imidazole rings is 1. The van der Waals surface area contributed by atoms with Gasteiger partial charge in [0.05, 0.1) is 5.69 Å². The van der Waals surface area contributed by atoms with E-state index >= 15 is 0 Å². The zero-order valence-electron chi connectivity index (χ0n) is 12.2. The lowest BCUT2D eigenvalue weighted by molar-refractivity contribution is 1.07. The summed E-state index contributed by atoms with van der Waals surface area (Å²) >= 11 is 0. The molecule has 0 radical (unpaired) electrons. The molecule has 0 spiro atoms. The van der Waals surface area contributed by atoms with Crippen LogP contribution in [-0.4, -0.2) is 14.4 Å². The quantitative estimate of drug-likeness (QED) is 0.510. The second kappa shape index (κ2) is 5.81. The molecule has 5 heteroatoms. The fraction of sp³-hybridized carbons (Fsp3) is 0. The number of aromatic nitrogens is 3. The first kappa shape index (κ1) is 13.3. The maximum absolute atomic E-state index is 4.59. The smallest absolute Gasteiger partial charge is 0.236 e. The highest BCUT2D eigenvalue weighted by molar-refractivity contribution is 5.73. The van der Waals surface area contributed by atoms with Gasteiger partial charge in [0.1, 0.15) is 5.69 Å². The van der Waals surface area contributed by atoms with Crippen LogP contribution in [0.25, 0.3) is 17.0 Å². The monoisotopic (exact) mass is 299 g/mol. The van der Waals surface area contributed by atoms with Crippen LogP contribution in [0.1, 0.15) is 0 Å². The lowest BCUT2D eigenvalue weighted by atomic mass is 10.1. The van der Waals surface area contributed by atoms with Crippen molar-refractivity contribution in [3.05, 3.63) is 79.1 Å². The minimum Gasteiger partial charge on any atom is -0.266 e. The highest BCUT2D eigenvalue weighted by Gasteiger charge is 2.14. The first-order valence-corrected chi connectivity index (χ1v) is 7.27. The summed E-state index contributed by atoms with van der Waals surface area (Å²) in [4.78, 5) is 8.89. The fourth-order valence-corrected chi connectivity index (χ4v) is 2.36. The lowest BCUT2D eigenvalue weighted by Crippen LogP contribution is -1.84. The Balaban J connectivity index is 1.88. The normalized spacial score (nSPS) is 11.3. The molecule has 0 amide bonds. The van der Waals surface area contributed by atoms with E-state index in [1.807, 2.05) is 77.3 Å². The second-order valence-corrected chi connectivity index (χ2v) is 4.98. The summed E-state index contributed by atoms with van der Waals surface area (Å²) in [5.74, 6) is 1.27. The van der Waals surface area contributed by atoms with Gasteiger partial charge in [0.2, 0.25) is 5.78 Å². The van der Waals surface area contributed by atoms with Crippen LogP contribution in [0.2, 0.25) is 0 Å². The first-order valence-electron chi connectivity index (χ1n) is 7.27. The van der Waals surface area contributed by atoms with Crippen molar-refractivity contribution in [2.75, 3.05) is 0 Å². The van der Waals surface area contributed by atoms with Gasteiger partial charge in [0, 0.05) is 18.0 Å². The van der Waals surface area contributed by atoms with Crippen molar-refractivity contribution >= 4 is 17.3 Å². The summed E-state index contributed by atoms with van der Waals surface area (Å²) in [7, 11) is 0. The van der Waals surface area contributed by atoms with Gasteiger partial charge in [-0.25, -0.2) is 9.97 Å². The van der Waals surface area contributed by atoms with E-state index in [2.05, 4.69) is 20.2 Å². The third-order valence-electron chi connectivity index (χ3n) is 3.44. The Morgan fingerprint density at radius 1 is 0.783 bits per heavy atom. The summed E-state index contributed by atoms with van der Waals surface area (Å²) < 4.78 is 1.84. The maximum Gasteiger partial charge on any atom is 0.236 e. The van der Waals surface area contributed by atoms with Gasteiger partial charge in [0.15, 0.2) is 5.82 Å². The third-order valence-corrected chi connectivity index (χ3v) is 3.44. The van der Waals surface area contributed by atoms with Crippen LogP contribution in [0.5, 0.6) is 0 Å². The summed E-state index contributed by atoms with van der Waals surface area (Å²) in [5.41, 5.74) is 2.55. The van der Waals surface area contributed by atoms with E-state index in [1.165, 1.54) is 0 Å².